The molecule has 0 atom stereocenters. The molecular weight excluding hydrogens is 216 g/mol. The van der Waals surface area contributed by atoms with Crippen molar-refractivity contribution in [2.45, 2.75) is 26.3 Å². The van der Waals surface area contributed by atoms with Gasteiger partial charge in [0.05, 0.1) is 6.61 Å². The van der Waals surface area contributed by atoms with Crippen molar-refractivity contribution in [3.05, 3.63) is 23.4 Å². The zero-order chi connectivity index (χ0) is 12.5. The molecule has 17 heavy (non-hydrogen) atoms. The summed E-state index contributed by atoms with van der Waals surface area (Å²) in [5, 5.41) is 3.14. The van der Waals surface area contributed by atoms with Crippen molar-refractivity contribution < 1.29 is 9.47 Å². The van der Waals surface area contributed by atoms with Gasteiger partial charge in [0.1, 0.15) is 0 Å². The number of methoxy groups -OCH3 is 1. The highest BCUT2D eigenvalue weighted by Crippen LogP contribution is 2.13. The number of pyridine rings is 1. The Bertz CT molecular complexity index is 329. The third-order valence-electron chi connectivity index (χ3n) is 2.40. The van der Waals surface area contributed by atoms with Crippen molar-refractivity contribution in [1.29, 1.82) is 0 Å². The average molecular weight is 238 g/mol. The minimum absolute atomic E-state index is 0.646. The molecule has 1 N–H and O–H groups in total. The van der Waals surface area contributed by atoms with Crippen LogP contribution in [0.25, 0.3) is 0 Å². The van der Waals surface area contributed by atoms with Gasteiger partial charge in [-0.25, -0.2) is 4.98 Å². The lowest BCUT2D eigenvalue weighted by molar-refractivity contribution is 0.170. The molecule has 1 heterocycles. The van der Waals surface area contributed by atoms with Gasteiger partial charge in [0.25, 0.3) is 0 Å². The minimum Gasteiger partial charge on any atom is -0.478 e. The summed E-state index contributed by atoms with van der Waals surface area (Å²) < 4.78 is 10.6. The molecule has 4 heteroatoms. The third-order valence-corrected chi connectivity index (χ3v) is 2.40. The number of rotatable bonds is 8. The SMILES string of the molecule is CCc1cc(CNC)cc(OCCCOC)n1. The van der Waals surface area contributed by atoms with Gasteiger partial charge in [0.2, 0.25) is 5.88 Å². The van der Waals surface area contributed by atoms with Crippen LogP contribution in [0.1, 0.15) is 24.6 Å². The lowest BCUT2D eigenvalue weighted by atomic mass is 10.2. The van der Waals surface area contributed by atoms with Gasteiger partial charge in [-0.15, -0.1) is 0 Å². The van der Waals surface area contributed by atoms with Crippen molar-refractivity contribution in [3.63, 3.8) is 0 Å². The molecule has 0 aliphatic carbocycles. The van der Waals surface area contributed by atoms with E-state index in [-0.39, 0.29) is 0 Å². The molecule has 1 aromatic heterocycles. The van der Waals surface area contributed by atoms with Crippen LogP contribution in [0.15, 0.2) is 12.1 Å². The lowest BCUT2D eigenvalue weighted by Crippen LogP contribution is -2.08. The maximum absolute atomic E-state index is 5.62. The molecule has 0 amide bonds. The minimum atomic E-state index is 0.646. The normalized spacial score (nSPS) is 10.5. The summed E-state index contributed by atoms with van der Waals surface area (Å²) >= 11 is 0. The number of ether oxygens (including phenoxy) is 2. The largest absolute Gasteiger partial charge is 0.478 e. The molecule has 0 saturated heterocycles. The second kappa shape index (κ2) is 8.03. The van der Waals surface area contributed by atoms with Gasteiger partial charge >= 0.3 is 0 Å². The van der Waals surface area contributed by atoms with Crippen LogP contribution in [0, 0.1) is 0 Å². The predicted molar refractivity (Wildman–Crippen MR) is 68.4 cm³/mol. The highest BCUT2D eigenvalue weighted by atomic mass is 16.5. The van der Waals surface area contributed by atoms with E-state index in [9.17, 15) is 0 Å². The van der Waals surface area contributed by atoms with Crippen LogP contribution in [-0.4, -0.2) is 32.4 Å². The second-order valence-electron chi connectivity index (χ2n) is 3.88. The van der Waals surface area contributed by atoms with Crippen molar-refractivity contribution in [3.8, 4) is 5.88 Å². The van der Waals surface area contributed by atoms with Crippen molar-refractivity contribution in [1.82, 2.24) is 10.3 Å². The van der Waals surface area contributed by atoms with Crippen LogP contribution >= 0.6 is 0 Å². The second-order valence-corrected chi connectivity index (χ2v) is 3.88. The summed E-state index contributed by atoms with van der Waals surface area (Å²) in [7, 11) is 3.63. The Morgan fingerprint density at radius 3 is 2.76 bits per heavy atom. The molecule has 0 unspecified atom stereocenters. The van der Waals surface area contributed by atoms with Gasteiger partial charge < -0.3 is 14.8 Å². The molecule has 0 aromatic carbocycles. The van der Waals surface area contributed by atoms with E-state index in [1.807, 2.05) is 13.1 Å². The van der Waals surface area contributed by atoms with Crippen LogP contribution in [0.3, 0.4) is 0 Å². The van der Waals surface area contributed by atoms with Crippen LogP contribution in [0.4, 0.5) is 0 Å². The van der Waals surface area contributed by atoms with Crippen LogP contribution < -0.4 is 10.1 Å². The Labute approximate surface area is 103 Å². The summed E-state index contributed by atoms with van der Waals surface area (Å²) in [6.45, 7) is 4.30. The molecule has 1 rings (SSSR count). The molecule has 4 nitrogen and oxygen atoms in total. The predicted octanol–water partition coefficient (Wildman–Crippen LogP) is 1.78. The summed E-state index contributed by atoms with van der Waals surface area (Å²) in [5.41, 5.74) is 2.28. The topological polar surface area (TPSA) is 43.4 Å². The van der Waals surface area contributed by atoms with Crippen LogP contribution in [0.2, 0.25) is 0 Å². The first-order valence-corrected chi connectivity index (χ1v) is 6.06. The van der Waals surface area contributed by atoms with E-state index in [4.69, 9.17) is 9.47 Å². The first-order chi connectivity index (χ1) is 8.30. The van der Waals surface area contributed by atoms with E-state index in [1.165, 1.54) is 5.56 Å². The Kier molecular flexibility index (Phi) is 6.58. The fourth-order valence-electron chi connectivity index (χ4n) is 1.56. The van der Waals surface area contributed by atoms with Gasteiger partial charge in [-0.3, -0.25) is 0 Å². The Morgan fingerprint density at radius 1 is 1.29 bits per heavy atom. The lowest BCUT2D eigenvalue weighted by Gasteiger charge is -2.09. The first-order valence-electron chi connectivity index (χ1n) is 6.06. The van der Waals surface area contributed by atoms with E-state index in [0.29, 0.717) is 12.5 Å². The summed E-state index contributed by atoms with van der Waals surface area (Å²) in [4.78, 5) is 4.44. The van der Waals surface area contributed by atoms with E-state index >= 15 is 0 Å². The molecule has 96 valence electrons. The number of nitrogens with zero attached hydrogens (tertiary/aromatic N) is 1. The molecule has 0 aliphatic heterocycles. The molecule has 0 bridgehead atoms. The molecule has 0 radical (unpaired) electrons. The number of aryl methyl sites for hydroxylation is 1. The number of hydrogen-bond acceptors (Lipinski definition) is 4. The van der Waals surface area contributed by atoms with Crippen molar-refractivity contribution in [2.75, 3.05) is 27.4 Å². The van der Waals surface area contributed by atoms with Gasteiger partial charge in [0.15, 0.2) is 0 Å². The quantitative estimate of drug-likeness (QED) is 0.701. The van der Waals surface area contributed by atoms with Crippen LogP contribution in [0.5, 0.6) is 5.88 Å². The van der Waals surface area contributed by atoms with Crippen molar-refractivity contribution >= 4 is 0 Å². The molecule has 0 fully saturated rings. The number of hydrogen-bond donors (Lipinski definition) is 1. The highest BCUT2D eigenvalue weighted by Gasteiger charge is 2.02. The third kappa shape index (κ3) is 5.15. The Balaban J connectivity index is 2.59. The molecule has 0 aliphatic rings. The zero-order valence-electron chi connectivity index (χ0n) is 11.0. The summed E-state index contributed by atoms with van der Waals surface area (Å²) in [6, 6.07) is 4.10. The molecule has 1 aromatic rings. The monoisotopic (exact) mass is 238 g/mol. The maximum atomic E-state index is 5.62. The van der Waals surface area contributed by atoms with Gasteiger partial charge in [-0.05, 0) is 25.1 Å². The number of aromatic nitrogens is 1. The van der Waals surface area contributed by atoms with E-state index in [0.717, 1.165) is 31.7 Å². The van der Waals surface area contributed by atoms with E-state index < -0.39 is 0 Å². The highest BCUT2D eigenvalue weighted by molar-refractivity contribution is 5.25. The fourth-order valence-corrected chi connectivity index (χ4v) is 1.56. The standard InChI is InChI=1S/C13H22N2O2/c1-4-12-8-11(10-14-2)9-13(15-12)17-7-5-6-16-3/h8-9,14H,4-7,10H2,1-3H3. The summed E-state index contributed by atoms with van der Waals surface area (Å²) in [5.74, 6) is 0.714. The smallest absolute Gasteiger partial charge is 0.213 e. The average Bonchev–Trinajstić information content (AvgIpc) is 2.35. The Hall–Kier alpha value is -1.13. The van der Waals surface area contributed by atoms with Gasteiger partial charge in [-0.2, -0.15) is 0 Å². The molecule has 0 saturated carbocycles. The van der Waals surface area contributed by atoms with Crippen LogP contribution in [-0.2, 0) is 17.7 Å². The van der Waals surface area contributed by atoms with Gasteiger partial charge in [-0.1, -0.05) is 6.92 Å². The fraction of sp³-hybridized carbons (Fsp3) is 0.615. The summed E-state index contributed by atoms with van der Waals surface area (Å²) in [6.07, 6.45) is 1.81. The number of nitrogens with one attached hydrogen (secondary N) is 1. The van der Waals surface area contributed by atoms with Gasteiger partial charge in [0, 0.05) is 38.4 Å². The van der Waals surface area contributed by atoms with E-state index in [2.05, 4.69) is 23.3 Å². The molecule has 0 spiro atoms. The molecular formula is C13H22N2O2. The van der Waals surface area contributed by atoms with E-state index in [1.54, 1.807) is 7.11 Å². The maximum Gasteiger partial charge on any atom is 0.213 e. The first kappa shape index (κ1) is 13.9. The van der Waals surface area contributed by atoms with Crippen molar-refractivity contribution in [2.24, 2.45) is 0 Å². The zero-order valence-corrected chi connectivity index (χ0v) is 11.0. The Morgan fingerprint density at radius 2 is 2.12 bits per heavy atom.